The first-order valence-electron chi connectivity index (χ1n) is 6.86. The molecule has 2 N–H and O–H groups in total. The minimum Gasteiger partial charge on any atom is -0.394 e. The lowest BCUT2D eigenvalue weighted by molar-refractivity contribution is 0.269. The van der Waals surface area contributed by atoms with Crippen molar-refractivity contribution < 1.29 is 9.50 Å². The Morgan fingerprint density at radius 1 is 1.15 bits per heavy atom. The largest absolute Gasteiger partial charge is 0.394 e. The van der Waals surface area contributed by atoms with E-state index in [1.165, 1.54) is 17.7 Å². The first-order chi connectivity index (χ1) is 9.67. The Morgan fingerprint density at radius 2 is 1.90 bits per heavy atom. The van der Waals surface area contributed by atoms with Gasteiger partial charge in [0.2, 0.25) is 0 Å². The Morgan fingerprint density at radius 3 is 2.55 bits per heavy atom. The van der Waals surface area contributed by atoms with E-state index in [0.29, 0.717) is 0 Å². The molecule has 0 spiro atoms. The van der Waals surface area contributed by atoms with Crippen LogP contribution in [-0.2, 0) is 6.42 Å². The first-order valence-corrected chi connectivity index (χ1v) is 6.86. The summed E-state index contributed by atoms with van der Waals surface area (Å²) in [7, 11) is 0. The summed E-state index contributed by atoms with van der Waals surface area (Å²) in [5.74, 6) is -0.257. The van der Waals surface area contributed by atoms with Gasteiger partial charge < -0.3 is 10.4 Å². The van der Waals surface area contributed by atoms with Crippen molar-refractivity contribution in [3.63, 3.8) is 0 Å². The molecule has 0 saturated heterocycles. The van der Waals surface area contributed by atoms with Crippen molar-refractivity contribution in [3.8, 4) is 0 Å². The fraction of sp³-hybridized carbons (Fsp3) is 0.294. The van der Waals surface area contributed by atoms with Crippen LogP contribution in [0.3, 0.4) is 0 Å². The number of hydrogen-bond acceptors (Lipinski definition) is 2. The van der Waals surface area contributed by atoms with Gasteiger partial charge in [0.05, 0.1) is 6.61 Å². The fourth-order valence-electron chi connectivity index (χ4n) is 2.25. The standard InChI is InChI=1S/C17H20FNO/c1-13-9-15(18)11-17(10-13)19-16(12-20)8-7-14-5-3-2-4-6-14/h2-6,9-11,16,19-20H,7-8,12H2,1H3. The van der Waals surface area contributed by atoms with Gasteiger partial charge in [0, 0.05) is 11.7 Å². The molecule has 0 saturated carbocycles. The maximum Gasteiger partial charge on any atom is 0.125 e. The van der Waals surface area contributed by atoms with E-state index >= 15 is 0 Å². The van der Waals surface area contributed by atoms with Gasteiger partial charge in [-0.15, -0.1) is 0 Å². The number of aliphatic hydroxyl groups is 1. The number of hydrogen-bond donors (Lipinski definition) is 2. The lowest BCUT2D eigenvalue weighted by Gasteiger charge is -2.18. The van der Waals surface area contributed by atoms with Crippen molar-refractivity contribution >= 4 is 5.69 Å². The Bertz CT molecular complexity index is 522. The lowest BCUT2D eigenvalue weighted by atomic mass is 10.1. The molecule has 1 unspecified atom stereocenters. The van der Waals surface area contributed by atoms with Crippen molar-refractivity contribution in [1.82, 2.24) is 0 Å². The van der Waals surface area contributed by atoms with Crippen LogP contribution in [-0.4, -0.2) is 17.8 Å². The summed E-state index contributed by atoms with van der Waals surface area (Å²) in [4.78, 5) is 0. The number of nitrogens with one attached hydrogen (secondary N) is 1. The maximum atomic E-state index is 13.3. The zero-order valence-electron chi connectivity index (χ0n) is 11.6. The zero-order valence-corrected chi connectivity index (χ0v) is 11.6. The number of halogens is 1. The summed E-state index contributed by atoms with van der Waals surface area (Å²) >= 11 is 0. The monoisotopic (exact) mass is 273 g/mol. The van der Waals surface area contributed by atoms with Crippen LogP contribution in [0.5, 0.6) is 0 Å². The maximum absolute atomic E-state index is 13.3. The molecule has 2 aromatic rings. The number of rotatable bonds is 6. The van der Waals surface area contributed by atoms with E-state index in [1.807, 2.05) is 31.2 Å². The number of aryl methyl sites for hydroxylation is 2. The van der Waals surface area contributed by atoms with Crippen LogP contribution in [0, 0.1) is 12.7 Å². The Labute approximate surface area is 119 Å². The Balaban J connectivity index is 1.95. The van der Waals surface area contributed by atoms with Gasteiger partial charge in [0.15, 0.2) is 0 Å². The van der Waals surface area contributed by atoms with E-state index in [2.05, 4.69) is 17.4 Å². The zero-order chi connectivity index (χ0) is 14.4. The van der Waals surface area contributed by atoms with Gasteiger partial charge in [-0.25, -0.2) is 4.39 Å². The average molecular weight is 273 g/mol. The van der Waals surface area contributed by atoms with E-state index in [-0.39, 0.29) is 18.5 Å². The molecule has 0 amide bonds. The molecule has 0 heterocycles. The number of aliphatic hydroxyl groups excluding tert-OH is 1. The van der Waals surface area contributed by atoms with Gasteiger partial charge in [-0.1, -0.05) is 30.3 Å². The molecule has 0 aliphatic rings. The summed E-state index contributed by atoms with van der Waals surface area (Å²) in [6.45, 7) is 1.88. The molecule has 0 aliphatic carbocycles. The van der Waals surface area contributed by atoms with Gasteiger partial charge in [-0.05, 0) is 49.1 Å². The predicted molar refractivity (Wildman–Crippen MR) is 80.4 cm³/mol. The van der Waals surface area contributed by atoms with E-state index in [1.54, 1.807) is 0 Å². The molecule has 2 rings (SSSR count). The van der Waals surface area contributed by atoms with E-state index in [0.717, 1.165) is 24.1 Å². The summed E-state index contributed by atoms with van der Waals surface area (Å²) in [6.07, 6.45) is 1.68. The van der Waals surface area contributed by atoms with Crippen LogP contribution in [0.15, 0.2) is 48.5 Å². The number of anilines is 1. The minimum atomic E-state index is -0.257. The third kappa shape index (κ3) is 4.35. The third-order valence-corrected chi connectivity index (χ3v) is 3.26. The fourth-order valence-corrected chi connectivity index (χ4v) is 2.25. The molecule has 2 nitrogen and oxygen atoms in total. The molecule has 3 heteroatoms. The topological polar surface area (TPSA) is 32.3 Å². The molecular formula is C17H20FNO. The predicted octanol–water partition coefficient (Wildman–Crippen LogP) is 3.54. The molecule has 0 aromatic heterocycles. The smallest absolute Gasteiger partial charge is 0.125 e. The van der Waals surface area contributed by atoms with Crippen LogP contribution in [0.2, 0.25) is 0 Å². The van der Waals surface area contributed by atoms with Crippen molar-refractivity contribution in [1.29, 1.82) is 0 Å². The minimum absolute atomic E-state index is 0.0302. The van der Waals surface area contributed by atoms with Crippen LogP contribution in [0.4, 0.5) is 10.1 Å². The first kappa shape index (κ1) is 14.5. The van der Waals surface area contributed by atoms with Gasteiger partial charge >= 0.3 is 0 Å². The second-order valence-electron chi connectivity index (χ2n) is 5.07. The SMILES string of the molecule is Cc1cc(F)cc(NC(CO)CCc2ccccc2)c1. The number of benzene rings is 2. The highest BCUT2D eigenvalue weighted by atomic mass is 19.1. The van der Waals surface area contributed by atoms with Crippen LogP contribution < -0.4 is 5.32 Å². The van der Waals surface area contributed by atoms with Crippen LogP contribution in [0.1, 0.15) is 17.5 Å². The molecule has 0 aliphatic heterocycles. The van der Waals surface area contributed by atoms with E-state index in [4.69, 9.17) is 0 Å². The lowest BCUT2D eigenvalue weighted by Crippen LogP contribution is -2.24. The van der Waals surface area contributed by atoms with E-state index < -0.39 is 0 Å². The normalized spacial score (nSPS) is 12.2. The summed E-state index contributed by atoms with van der Waals surface area (Å²) < 4.78 is 13.3. The molecule has 20 heavy (non-hydrogen) atoms. The quantitative estimate of drug-likeness (QED) is 0.843. The van der Waals surface area contributed by atoms with Crippen LogP contribution in [0.25, 0.3) is 0 Å². The molecule has 0 radical (unpaired) electrons. The van der Waals surface area contributed by atoms with E-state index in [9.17, 15) is 9.50 Å². The summed E-state index contributed by atoms with van der Waals surface area (Å²) in [5, 5.41) is 12.6. The average Bonchev–Trinajstić information content (AvgIpc) is 2.43. The summed E-state index contributed by atoms with van der Waals surface area (Å²) in [6, 6.07) is 14.9. The molecule has 2 aromatic carbocycles. The van der Waals surface area contributed by atoms with Crippen molar-refractivity contribution in [2.24, 2.45) is 0 Å². The highest BCUT2D eigenvalue weighted by molar-refractivity contribution is 5.46. The molecule has 1 atom stereocenters. The third-order valence-electron chi connectivity index (χ3n) is 3.26. The second-order valence-corrected chi connectivity index (χ2v) is 5.07. The highest BCUT2D eigenvalue weighted by Crippen LogP contribution is 2.16. The van der Waals surface area contributed by atoms with Crippen molar-refractivity contribution in [2.45, 2.75) is 25.8 Å². The second kappa shape index (κ2) is 7.06. The van der Waals surface area contributed by atoms with Gasteiger partial charge in [0.1, 0.15) is 5.82 Å². The Hall–Kier alpha value is -1.87. The molecule has 0 fully saturated rings. The Kier molecular flexibility index (Phi) is 5.13. The van der Waals surface area contributed by atoms with Gasteiger partial charge in [-0.3, -0.25) is 0 Å². The molecular weight excluding hydrogens is 253 g/mol. The van der Waals surface area contributed by atoms with Crippen molar-refractivity contribution in [3.05, 3.63) is 65.5 Å². The van der Waals surface area contributed by atoms with Gasteiger partial charge in [-0.2, -0.15) is 0 Å². The molecule has 106 valence electrons. The summed E-state index contributed by atoms with van der Waals surface area (Å²) in [5.41, 5.74) is 2.82. The van der Waals surface area contributed by atoms with Crippen molar-refractivity contribution in [2.75, 3.05) is 11.9 Å². The van der Waals surface area contributed by atoms with Crippen LogP contribution >= 0.6 is 0 Å². The van der Waals surface area contributed by atoms with Gasteiger partial charge in [0.25, 0.3) is 0 Å². The highest BCUT2D eigenvalue weighted by Gasteiger charge is 2.08. The molecule has 0 bridgehead atoms.